The number of aliphatic hydroxyl groups is 1. The summed E-state index contributed by atoms with van der Waals surface area (Å²) in [6.45, 7) is 4.63. The van der Waals surface area contributed by atoms with E-state index in [2.05, 4.69) is 15.1 Å². The van der Waals surface area contributed by atoms with Gasteiger partial charge in [-0.25, -0.2) is 8.78 Å². The van der Waals surface area contributed by atoms with Crippen molar-refractivity contribution in [3.63, 3.8) is 0 Å². The second-order valence-corrected chi connectivity index (χ2v) is 10.8. The molecule has 0 spiro atoms. The van der Waals surface area contributed by atoms with Crippen molar-refractivity contribution in [2.45, 2.75) is 71.3 Å². The van der Waals surface area contributed by atoms with Crippen LogP contribution in [-0.4, -0.2) is 77.9 Å². The highest BCUT2D eigenvalue weighted by Gasteiger charge is 2.21. The maximum absolute atomic E-state index is 14.1. The van der Waals surface area contributed by atoms with Crippen LogP contribution in [0.2, 0.25) is 0 Å². The highest BCUT2D eigenvalue weighted by atomic mass is 19.1. The zero-order valence-corrected chi connectivity index (χ0v) is 26.3. The average Bonchev–Trinajstić information content (AvgIpc) is 3.67. The number of nitrogens with zero attached hydrogens (tertiary/aromatic N) is 3. The Morgan fingerprint density at radius 2 is 1.84 bits per heavy atom. The van der Waals surface area contributed by atoms with Crippen LogP contribution in [0, 0.1) is 24.5 Å². The molecule has 2 aliphatic rings. The highest BCUT2D eigenvalue weighted by molar-refractivity contribution is 5.77. The van der Waals surface area contributed by atoms with Crippen LogP contribution < -0.4 is 5.32 Å². The third-order valence-electron chi connectivity index (χ3n) is 7.49. The summed E-state index contributed by atoms with van der Waals surface area (Å²) in [5.74, 6) is -1.39. The first-order valence-electron chi connectivity index (χ1n) is 14.9. The predicted molar refractivity (Wildman–Crippen MR) is 166 cm³/mol. The van der Waals surface area contributed by atoms with Crippen molar-refractivity contribution >= 4 is 35.2 Å². The molecule has 1 atom stereocenters. The first-order valence-corrected chi connectivity index (χ1v) is 14.9. The van der Waals surface area contributed by atoms with Gasteiger partial charge in [-0.1, -0.05) is 38.3 Å². The average molecular weight is 621 g/mol. The number of carboxylic acid groups (broad SMARTS) is 1. The molecule has 1 saturated carbocycles. The van der Waals surface area contributed by atoms with Gasteiger partial charge < -0.3 is 29.7 Å². The summed E-state index contributed by atoms with van der Waals surface area (Å²) in [5.41, 5.74) is 2.50. The molecule has 1 aliphatic heterocycles. The van der Waals surface area contributed by atoms with Gasteiger partial charge in [0.1, 0.15) is 11.3 Å². The molecular weight excluding hydrogens is 574 g/mol. The monoisotopic (exact) mass is 620 g/mol. The van der Waals surface area contributed by atoms with Gasteiger partial charge in [0.15, 0.2) is 11.4 Å². The van der Waals surface area contributed by atoms with Crippen molar-refractivity contribution < 1.29 is 37.8 Å². The Labute approximate surface area is 258 Å². The molecule has 44 heavy (non-hydrogen) atoms. The number of fused-ring (bicyclic) bond motifs is 1. The van der Waals surface area contributed by atoms with Gasteiger partial charge in [0.2, 0.25) is 6.41 Å². The quantitative estimate of drug-likeness (QED) is 0.213. The maximum atomic E-state index is 14.1. The zero-order chi connectivity index (χ0) is 32.6. The van der Waals surface area contributed by atoms with E-state index in [0.29, 0.717) is 23.2 Å². The number of likely N-dealkylation sites (tertiary alicyclic amines) is 1. The Balaban J connectivity index is 0.000000243. The molecule has 0 bridgehead atoms. The summed E-state index contributed by atoms with van der Waals surface area (Å²) in [6, 6.07) is 8.02. The Morgan fingerprint density at radius 1 is 1.16 bits per heavy atom. The predicted octanol–water partition coefficient (Wildman–Crippen LogP) is 6.08. The lowest BCUT2D eigenvalue weighted by Crippen LogP contribution is -2.30. The van der Waals surface area contributed by atoms with Crippen molar-refractivity contribution in [1.82, 2.24) is 14.9 Å². The fourth-order valence-electron chi connectivity index (χ4n) is 4.71. The van der Waals surface area contributed by atoms with E-state index in [4.69, 9.17) is 14.6 Å². The number of anilines is 2. The van der Waals surface area contributed by atoms with Gasteiger partial charge in [0, 0.05) is 26.3 Å². The van der Waals surface area contributed by atoms with Gasteiger partial charge in [-0.2, -0.15) is 10.0 Å². The van der Waals surface area contributed by atoms with E-state index in [1.54, 1.807) is 35.3 Å². The number of hydrogen-bond acceptors (Lipinski definition) is 8. The molecule has 2 heterocycles. The topological polar surface area (TPSA) is 128 Å². The van der Waals surface area contributed by atoms with Gasteiger partial charge >= 0.3 is 5.97 Å². The third-order valence-corrected chi connectivity index (χ3v) is 7.49. The van der Waals surface area contributed by atoms with Crippen LogP contribution in [0.15, 0.2) is 34.7 Å². The normalized spacial score (nSPS) is 16.3. The number of carbonyl (C=O) groups excluding carboxylic acids is 1. The molecule has 3 N–H and O–H groups in total. The van der Waals surface area contributed by atoms with Crippen molar-refractivity contribution in [1.29, 1.82) is 0 Å². The molecule has 10 nitrogen and oxygen atoms in total. The minimum absolute atomic E-state index is 0.0289. The molecule has 1 saturated heterocycles. The fraction of sp³-hybridized carbons (Fsp3) is 0.531. The highest BCUT2D eigenvalue weighted by Crippen LogP contribution is 2.28. The fourth-order valence-corrected chi connectivity index (χ4v) is 4.71. The Morgan fingerprint density at radius 3 is 2.36 bits per heavy atom. The zero-order valence-electron chi connectivity index (χ0n) is 26.3. The van der Waals surface area contributed by atoms with Gasteiger partial charge in [0.25, 0.3) is 6.01 Å². The molecule has 0 radical (unpaired) electrons. The number of carboxylic acids is 1. The summed E-state index contributed by atoms with van der Waals surface area (Å²) >= 11 is 0. The largest absolute Gasteiger partial charge is 0.481 e. The standard InChI is InChI=1S/C16H14F2N2O.C7H12O2.C6H11NO2.C3H9NO/c1-3-10-5-7-12-15(14(10)18)21-16(19-12)20-13-8-11(17)6-4-9(13)2;8-7(9)6-4-2-1-3-5-6;8-4-6-2-1-3-7(6)5-9;1-4(2)5-3/h4-8H,3H2,1-2H3,(H,19,20);6H,1-5H2,(H,8,9);5-6,8H,1-4H2;1-3H3. The van der Waals surface area contributed by atoms with E-state index in [1.807, 2.05) is 27.9 Å². The van der Waals surface area contributed by atoms with Gasteiger partial charge in [0.05, 0.1) is 25.7 Å². The molecule has 1 amide bonds. The van der Waals surface area contributed by atoms with Crippen LogP contribution in [0.5, 0.6) is 0 Å². The van der Waals surface area contributed by atoms with Crippen molar-refractivity contribution in [2.75, 3.05) is 39.7 Å². The molecule has 2 fully saturated rings. The summed E-state index contributed by atoms with van der Waals surface area (Å²) in [4.78, 5) is 31.0. The number of aliphatic hydroxyl groups excluding tert-OH is 1. The molecule has 5 rings (SSSR count). The second-order valence-electron chi connectivity index (χ2n) is 10.8. The molecule has 1 aromatic heterocycles. The summed E-state index contributed by atoms with van der Waals surface area (Å²) in [5, 5.41) is 21.7. The number of aliphatic carboxylic acids is 1. The van der Waals surface area contributed by atoms with E-state index in [-0.39, 0.29) is 36.0 Å². The SMILES string of the molecule is CCc1ccc2nc(Nc3cc(F)ccc3C)oc2c1F.CON(C)C.O=C(O)C1CCCCC1.O=CN1CCCC1CO. The number of carbonyl (C=O) groups is 2. The molecule has 3 aromatic rings. The van der Waals surface area contributed by atoms with Crippen LogP contribution in [-0.2, 0) is 20.8 Å². The lowest BCUT2D eigenvalue weighted by atomic mass is 9.90. The van der Waals surface area contributed by atoms with Crippen molar-refractivity contribution in [2.24, 2.45) is 5.92 Å². The Bertz CT molecular complexity index is 1310. The number of benzene rings is 2. The first-order chi connectivity index (χ1) is 21.0. The van der Waals surface area contributed by atoms with E-state index < -0.39 is 11.8 Å². The van der Waals surface area contributed by atoms with E-state index in [0.717, 1.165) is 57.0 Å². The molecule has 244 valence electrons. The maximum Gasteiger partial charge on any atom is 0.306 e. The van der Waals surface area contributed by atoms with Crippen LogP contribution in [0.1, 0.15) is 63.0 Å². The minimum Gasteiger partial charge on any atom is -0.481 e. The van der Waals surface area contributed by atoms with Crippen LogP contribution in [0.3, 0.4) is 0 Å². The number of oxazole rings is 1. The molecule has 1 aliphatic carbocycles. The summed E-state index contributed by atoms with van der Waals surface area (Å²) in [7, 11) is 5.29. The number of aromatic nitrogens is 1. The first kappa shape index (κ1) is 36.6. The summed E-state index contributed by atoms with van der Waals surface area (Å²) in [6.07, 6.45) is 8.61. The van der Waals surface area contributed by atoms with Crippen LogP contribution in [0.4, 0.5) is 20.5 Å². The molecule has 1 unspecified atom stereocenters. The molecule has 2 aromatic carbocycles. The van der Waals surface area contributed by atoms with Crippen molar-refractivity contribution in [3.05, 3.63) is 53.1 Å². The smallest absolute Gasteiger partial charge is 0.306 e. The van der Waals surface area contributed by atoms with Gasteiger partial charge in [-0.05, 0) is 68.4 Å². The van der Waals surface area contributed by atoms with Crippen molar-refractivity contribution in [3.8, 4) is 0 Å². The van der Waals surface area contributed by atoms with Crippen LogP contribution in [0.25, 0.3) is 11.1 Å². The number of rotatable bonds is 7. The van der Waals surface area contributed by atoms with E-state index in [1.165, 1.54) is 18.6 Å². The number of halogens is 2. The van der Waals surface area contributed by atoms with Gasteiger partial charge in [-0.3, -0.25) is 9.59 Å². The number of nitrogens with one attached hydrogen (secondary N) is 1. The Kier molecular flexibility index (Phi) is 15.7. The number of aryl methyl sites for hydroxylation is 2. The number of amides is 1. The molecular formula is C32H46F2N4O6. The number of hydrogen-bond donors (Lipinski definition) is 3. The lowest BCUT2D eigenvalue weighted by molar-refractivity contribution is -0.142. The third kappa shape index (κ3) is 11.5. The van der Waals surface area contributed by atoms with E-state index >= 15 is 0 Å². The van der Waals surface area contributed by atoms with Crippen LogP contribution >= 0.6 is 0 Å². The van der Waals surface area contributed by atoms with Gasteiger partial charge in [-0.15, -0.1) is 0 Å². The Hall–Kier alpha value is -3.61. The van der Waals surface area contributed by atoms with E-state index in [9.17, 15) is 18.4 Å². The number of hydroxylamine groups is 2. The lowest BCUT2D eigenvalue weighted by Gasteiger charge is -2.16. The minimum atomic E-state index is -0.602. The summed E-state index contributed by atoms with van der Waals surface area (Å²) < 4.78 is 32.8. The molecule has 12 heteroatoms. The second kappa shape index (κ2) is 18.9.